The van der Waals surface area contributed by atoms with Crippen LogP contribution in [-0.4, -0.2) is 11.6 Å². The third-order valence-corrected chi connectivity index (χ3v) is 4.82. The summed E-state index contributed by atoms with van der Waals surface area (Å²) in [6, 6.07) is 16.0. The van der Waals surface area contributed by atoms with Crippen molar-refractivity contribution >= 4 is 11.6 Å². The molecule has 0 N–H and O–H groups in total. The van der Waals surface area contributed by atoms with E-state index in [1.54, 1.807) is 0 Å². The highest BCUT2D eigenvalue weighted by Crippen LogP contribution is 2.31. The minimum absolute atomic E-state index is 0.100. The van der Waals surface area contributed by atoms with Crippen molar-refractivity contribution in [2.24, 2.45) is 0 Å². The summed E-state index contributed by atoms with van der Waals surface area (Å²) in [5.74, 6) is 0.336. The molecule has 0 saturated heterocycles. The van der Waals surface area contributed by atoms with E-state index >= 15 is 0 Å². The maximum Gasteiger partial charge on any atom is 0.228 e. The number of carbonyl (C=O) groups is 2. The van der Waals surface area contributed by atoms with Gasteiger partial charge in [0, 0.05) is 23.6 Å². The standard InChI is InChI=1S/C24H20O3/c1-16-11-12-22(18(13-16)14-17-7-3-2-4-8-17)27-23-15-21(25)19-9-5-6-10-20(19)24(23)26/h2-4,7-13,15H,5-6,14H2,1H3. The third-order valence-electron chi connectivity index (χ3n) is 4.82. The lowest BCUT2D eigenvalue weighted by Gasteiger charge is -2.21. The van der Waals surface area contributed by atoms with Crippen LogP contribution in [0.25, 0.3) is 0 Å². The highest BCUT2D eigenvalue weighted by molar-refractivity contribution is 6.26. The predicted molar refractivity (Wildman–Crippen MR) is 105 cm³/mol. The Morgan fingerprint density at radius 3 is 2.44 bits per heavy atom. The lowest BCUT2D eigenvalue weighted by Crippen LogP contribution is -2.24. The first kappa shape index (κ1) is 17.2. The Bertz CT molecular complexity index is 1010. The average Bonchev–Trinajstić information content (AvgIpc) is 2.69. The number of benzene rings is 2. The molecule has 4 rings (SSSR count). The molecule has 3 nitrogen and oxygen atoms in total. The molecule has 0 saturated carbocycles. The van der Waals surface area contributed by atoms with E-state index in [0.29, 0.717) is 23.3 Å². The number of carbonyl (C=O) groups excluding carboxylic acids is 2. The summed E-state index contributed by atoms with van der Waals surface area (Å²) >= 11 is 0. The zero-order valence-electron chi connectivity index (χ0n) is 15.2. The normalized spacial score (nSPS) is 16.3. The number of ketones is 2. The van der Waals surface area contributed by atoms with E-state index in [4.69, 9.17) is 4.74 Å². The molecular weight excluding hydrogens is 336 g/mol. The van der Waals surface area contributed by atoms with Crippen molar-refractivity contribution in [2.45, 2.75) is 26.2 Å². The van der Waals surface area contributed by atoms with Crippen LogP contribution in [0.15, 0.2) is 83.7 Å². The largest absolute Gasteiger partial charge is 0.453 e. The van der Waals surface area contributed by atoms with Crippen molar-refractivity contribution in [1.29, 1.82) is 0 Å². The van der Waals surface area contributed by atoms with Gasteiger partial charge < -0.3 is 4.74 Å². The number of Topliss-reactive ketones (excluding diaryl/α,β-unsaturated/α-hetero) is 1. The van der Waals surface area contributed by atoms with Gasteiger partial charge in [0.05, 0.1) is 0 Å². The van der Waals surface area contributed by atoms with Gasteiger partial charge in [-0.1, -0.05) is 60.2 Å². The molecule has 0 unspecified atom stereocenters. The Labute approximate surface area is 158 Å². The molecule has 2 aliphatic carbocycles. The summed E-state index contributed by atoms with van der Waals surface area (Å²) in [6.45, 7) is 2.02. The summed E-state index contributed by atoms with van der Waals surface area (Å²) in [4.78, 5) is 25.2. The molecule has 0 amide bonds. The van der Waals surface area contributed by atoms with Gasteiger partial charge >= 0.3 is 0 Å². The lowest BCUT2D eigenvalue weighted by molar-refractivity contribution is -0.117. The molecule has 0 heterocycles. The van der Waals surface area contributed by atoms with Crippen molar-refractivity contribution in [1.82, 2.24) is 0 Å². The second-order valence-electron chi connectivity index (χ2n) is 6.89. The molecule has 2 aromatic rings. The monoisotopic (exact) mass is 356 g/mol. The Morgan fingerprint density at radius 2 is 1.67 bits per heavy atom. The van der Waals surface area contributed by atoms with Crippen LogP contribution >= 0.6 is 0 Å². The molecule has 2 aliphatic rings. The zero-order chi connectivity index (χ0) is 18.8. The fraction of sp³-hybridized carbons (Fsp3) is 0.167. The Balaban J connectivity index is 1.67. The van der Waals surface area contributed by atoms with E-state index in [1.165, 1.54) is 6.08 Å². The van der Waals surface area contributed by atoms with Gasteiger partial charge in [-0.2, -0.15) is 0 Å². The van der Waals surface area contributed by atoms with Crippen LogP contribution in [0.5, 0.6) is 5.75 Å². The number of hydrogen-bond acceptors (Lipinski definition) is 3. The van der Waals surface area contributed by atoms with Gasteiger partial charge in [0.25, 0.3) is 0 Å². The second-order valence-corrected chi connectivity index (χ2v) is 6.89. The molecule has 0 radical (unpaired) electrons. The highest BCUT2D eigenvalue weighted by atomic mass is 16.5. The number of aryl methyl sites for hydroxylation is 1. The minimum Gasteiger partial charge on any atom is -0.453 e. The van der Waals surface area contributed by atoms with Gasteiger partial charge in [-0.05, 0) is 37.0 Å². The molecule has 134 valence electrons. The summed E-state index contributed by atoms with van der Waals surface area (Å²) in [6.07, 6.45) is 7.27. The van der Waals surface area contributed by atoms with E-state index in [0.717, 1.165) is 29.5 Å². The summed E-state index contributed by atoms with van der Waals surface area (Å²) < 4.78 is 5.97. The Kier molecular flexibility index (Phi) is 4.59. The third kappa shape index (κ3) is 3.54. The predicted octanol–water partition coefficient (Wildman–Crippen LogP) is 4.65. The fourth-order valence-electron chi connectivity index (χ4n) is 3.47. The summed E-state index contributed by atoms with van der Waals surface area (Å²) in [7, 11) is 0. The number of allylic oxidation sites excluding steroid dienone is 5. The first-order valence-electron chi connectivity index (χ1n) is 9.14. The van der Waals surface area contributed by atoms with Gasteiger partial charge in [0.2, 0.25) is 5.78 Å². The number of fused-ring (bicyclic) bond motifs is 1. The van der Waals surface area contributed by atoms with Gasteiger partial charge in [0.1, 0.15) is 5.75 Å². The Morgan fingerprint density at radius 1 is 0.926 bits per heavy atom. The number of ether oxygens (including phenoxy) is 1. The maximum atomic E-state index is 12.8. The van der Waals surface area contributed by atoms with Crippen molar-refractivity contribution in [3.05, 3.63) is 100 Å². The summed E-state index contributed by atoms with van der Waals surface area (Å²) in [5, 5.41) is 0. The smallest absolute Gasteiger partial charge is 0.228 e. The first-order valence-corrected chi connectivity index (χ1v) is 9.14. The van der Waals surface area contributed by atoms with Crippen molar-refractivity contribution in [2.75, 3.05) is 0 Å². The van der Waals surface area contributed by atoms with Crippen LogP contribution in [0.1, 0.15) is 29.5 Å². The highest BCUT2D eigenvalue weighted by Gasteiger charge is 2.31. The SMILES string of the molecule is Cc1ccc(OC2=CC(=O)C3=CCCC=C3C2=O)c(Cc2ccccc2)c1. The van der Waals surface area contributed by atoms with Crippen LogP contribution in [0.3, 0.4) is 0 Å². The zero-order valence-corrected chi connectivity index (χ0v) is 15.2. The first-order chi connectivity index (χ1) is 13.1. The van der Waals surface area contributed by atoms with Crippen LogP contribution in [0.2, 0.25) is 0 Å². The molecule has 27 heavy (non-hydrogen) atoms. The van der Waals surface area contributed by atoms with E-state index < -0.39 is 0 Å². The molecule has 0 aliphatic heterocycles. The molecule has 0 fully saturated rings. The van der Waals surface area contributed by atoms with Crippen molar-refractivity contribution in [3.8, 4) is 5.75 Å². The van der Waals surface area contributed by atoms with Gasteiger partial charge in [-0.3, -0.25) is 9.59 Å². The van der Waals surface area contributed by atoms with Crippen LogP contribution in [0.4, 0.5) is 0 Å². The van der Waals surface area contributed by atoms with Gasteiger partial charge in [-0.15, -0.1) is 0 Å². The molecule has 0 aromatic heterocycles. The molecule has 0 atom stereocenters. The van der Waals surface area contributed by atoms with E-state index in [-0.39, 0.29) is 17.3 Å². The second kappa shape index (κ2) is 7.20. The van der Waals surface area contributed by atoms with Gasteiger partial charge in [-0.25, -0.2) is 0 Å². The average molecular weight is 356 g/mol. The number of hydrogen-bond donors (Lipinski definition) is 0. The molecule has 2 aromatic carbocycles. The quantitative estimate of drug-likeness (QED) is 0.801. The van der Waals surface area contributed by atoms with Gasteiger partial charge in [0.15, 0.2) is 11.5 Å². The Hall–Kier alpha value is -3.20. The molecule has 0 bridgehead atoms. The summed E-state index contributed by atoms with van der Waals surface area (Å²) in [5.41, 5.74) is 4.25. The van der Waals surface area contributed by atoms with Crippen LogP contribution in [-0.2, 0) is 16.0 Å². The topological polar surface area (TPSA) is 43.4 Å². The van der Waals surface area contributed by atoms with E-state index in [2.05, 4.69) is 18.2 Å². The van der Waals surface area contributed by atoms with Crippen LogP contribution < -0.4 is 4.74 Å². The molecular formula is C24H20O3. The molecule has 0 spiro atoms. The lowest BCUT2D eigenvalue weighted by atomic mass is 9.86. The maximum absolute atomic E-state index is 12.8. The fourth-order valence-corrected chi connectivity index (χ4v) is 3.47. The van der Waals surface area contributed by atoms with Crippen LogP contribution in [0, 0.1) is 6.92 Å². The number of rotatable bonds is 4. The van der Waals surface area contributed by atoms with Crippen molar-refractivity contribution < 1.29 is 14.3 Å². The minimum atomic E-state index is -0.216. The van der Waals surface area contributed by atoms with E-state index in [1.807, 2.05) is 49.4 Å². The van der Waals surface area contributed by atoms with E-state index in [9.17, 15) is 9.59 Å². The molecule has 3 heteroatoms. The van der Waals surface area contributed by atoms with Crippen molar-refractivity contribution in [3.63, 3.8) is 0 Å².